The van der Waals surface area contributed by atoms with Gasteiger partial charge in [-0.1, -0.05) is 24.3 Å². The summed E-state index contributed by atoms with van der Waals surface area (Å²) < 4.78 is 68.1. The van der Waals surface area contributed by atoms with Gasteiger partial charge in [0, 0.05) is 102 Å². The number of benzene rings is 4. The number of aryl methyl sites for hydroxylation is 2. The lowest BCUT2D eigenvalue weighted by atomic mass is 9.81. The number of anilines is 1. The second-order valence-corrected chi connectivity index (χ2v) is 26.0. The number of aliphatic hydroxyl groups is 1. The highest BCUT2D eigenvalue weighted by molar-refractivity contribution is 7.66. The summed E-state index contributed by atoms with van der Waals surface area (Å²) in [6, 6.07) is 12.7. The van der Waals surface area contributed by atoms with Gasteiger partial charge >= 0.3 is 35.3 Å². The van der Waals surface area contributed by atoms with E-state index in [0.29, 0.717) is 28.2 Å². The van der Waals surface area contributed by atoms with Crippen LogP contribution in [-0.2, 0) is 68.5 Å². The molecule has 0 saturated carbocycles. The Bertz CT molecular complexity index is 4160. The largest absolute Gasteiger partial charge is 0.545 e. The third kappa shape index (κ3) is 12.9. The second kappa shape index (κ2) is 24.2. The van der Waals surface area contributed by atoms with Crippen molar-refractivity contribution in [2.75, 3.05) is 44.2 Å². The minimum atomic E-state index is -5.84. The molecular formula is C55H58N7O22P3. The van der Waals surface area contributed by atoms with Crippen molar-refractivity contribution in [1.82, 2.24) is 24.8 Å². The summed E-state index contributed by atoms with van der Waals surface area (Å²) in [5.74, 6) is -0.590. The number of aromatic nitrogens is 2. The van der Waals surface area contributed by atoms with Gasteiger partial charge in [-0.05, 0) is 92.5 Å². The fraction of sp³-hybridized carbons (Fsp3) is 0.382. The summed E-state index contributed by atoms with van der Waals surface area (Å²) in [5, 5.41) is 43.2. The van der Waals surface area contributed by atoms with E-state index in [-0.39, 0.29) is 41.8 Å². The molecule has 2 amide bonds. The molecule has 6 aliphatic heterocycles. The number of rotatable bonds is 19. The number of aromatic carboxylic acids is 1. The lowest BCUT2D eigenvalue weighted by Crippen LogP contribution is -2.45. The highest BCUT2D eigenvalue weighted by Gasteiger charge is 2.44. The highest BCUT2D eigenvalue weighted by atomic mass is 31.3. The molecule has 87 heavy (non-hydrogen) atoms. The Morgan fingerprint density at radius 3 is 2.38 bits per heavy atom. The molecule has 11 rings (SSSR count). The van der Waals surface area contributed by atoms with Crippen molar-refractivity contribution in [3.05, 3.63) is 164 Å². The van der Waals surface area contributed by atoms with Gasteiger partial charge < -0.3 is 64.3 Å². The maximum atomic E-state index is 14.3. The Balaban J connectivity index is 0.774. The number of nitrogens with one attached hydrogen (secondary N) is 3. The van der Waals surface area contributed by atoms with E-state index in [1.807, 2.05) is 0 Å². The number of carboxylic acids is 1. The highest BCUT2D eigenvalue weighted by Crippen LogP contribution is 2.66. The standard InChI is InChI=1S/C55H58N7O22P3/c1-29(80-55(69)56-16-2-7-34-27-61(54(68)58-52(34)65)45-25-43(63)44(81-45)28-79-86(75,76)84-87(77,78)83-85(72,73)74)38-21-30(12-15-42(38)62(70)71)26-57-51(64)33-13-14-35(53(66)67)39(24-33)46-40-22-31-8-3-17-59-19-5-10-36(47(31)59)49(40)82-50-37-11-6-20-60-18-4-9-32(48(37)60)23-41(46)50/h2,7,12-15,21-24,27,29,43-45,63H,3-6,8-11,16-20,25-26,28H2,1H3,(H7-,56,57,58,64,65,66,67,68,69,72,73,74,75,76,77,78)/b7-2+/t29?,43-,44+,45+/m0/s1. The van der Waals surface area contributed by atoms with Crippen molar-refractivity contribution < 1.29 is 90.1 Å². The maximum absolute atomic E-state index is 14.3. The molecule has 6 aliphatic rings. The van der Waals surface area contributed by atoms with Crippen LogP contribution in [0.15, 0.2) is 70.4 Å². The first-order valence-corrected chi connectivity index (χ1v) is 32.3. The Morgan fingerprint density at radius 1 is 0.897 bits per heavy atom. The molecule has 5 aromatic rings. The number of aromatic amines is 1. The lowest BCUT2D eigenvalue weighted by Gasteiger charge is -2.39. The van der Waals surface area contributed by atoms with Crippen molar-refractivity contribution >= 4 is 64.5 Å². The Morgan fingerprint density at radius 2 is 1.63 bits per heavy atom. The molecule has 0 bridgehead atoms. The van der Waals surface area contributed by atoms with E-state index in [1.54, 1.807) is 6.07 Å². The summed E-state index contributed by atoms with van der Waals surface area (Å²) in [6.07, 6.45) is 3.58. The van der Waals surface area contributed by atoms with Crippen molar-refractivity contribution in [2.45, 2.75) is 95.8 Å². The number of amides is 2. The number of nitro groups is 1. The van der Waals surface area contributed by atoms with Crippen LogP contribution in [0.25, 0.3) is 11.6 Å². The zero-order valence-corrected chi connectivity index (χ0v) is 49.0. The summed E-state index contributed by atoms with van der Waals surface area (Å²) in [6.45, 7) is 3.67. The van der Waals surface area contributed by atoms with Gasteiger partial charge in [-0.3, -0.25) is 33.8 Å². The molecule has 0 radical (unpaired) electrons. The molecule has 29 nitrogen and oxygen atoms in total. The fourth-order valence-electron chi connectivity index (χ4n) is 12.3. The van der Waals surface area contributed by atoms with Gasteiger partial charge in [0.1, 0.15) is 43.0 Å². The first kappa shape index (κ1) is 61.2. The molecule has 1 saturated heterocycles. The molecular weight excluding hydrogens is 1200 g/mol. The average Bonchev–Trinajstić information content (AvgIpc) is 1.12. The molecule has 4 aromatic carbocycles. The van der Waals surface area contributed by atoms with Gasteiger partial charge in [0.2, 0.25) is 5.36 Å². The smallest absolute Gasteiger partial charge is 0.490 e. The number of fused-ring (bicyclic) bond motifs is 4. The first-order valence-electron chi connectivity index (χ1n) is 27.7. The van der Waals surface area contributed by atoms with Gasteiger partial charge in [0.25, 0.3) is 17.2 Å². The van der Waals surface area contributed by atoms with Gasteiger partial charge in [0.05, 0.1) is 40.3 Å². The zero-order chi connectivity index (χ0) is 61.9. The summed E-state index contributed by atoms with van der Waals surface area (Å²) in [7, 11) is -17.1. The molecule has 8 N–H and O–H groups in total. The number of hydrogen-bond acceptors (Lipinski definition) is 19. The Kier molecular flexibility index (Phi) is 17.0. The molecule has 7 heterocycles. The number of phosphoric acid groups is 3. The number of carboxylic acid groups (broad SMARTS) is 1. The van der Waals surface area contributed by atoms with E-state index in [9.17, 15) is 67.8 Å². The molecule has 1 fully saturated rings. The SMILES string of the molecule is CC(OC(=O)NC/C=C/c1cn([C@H]2C[C@H](O)[C@@H](COP(=O)(O)OP(=O)(O)OP(=O)(O)O)O2)c(=O)[nH]c1=O)c1cc(CNC(=O)c2ccc(C(=O)[O-])c(C3=c4cc5c6c(c4Oc4c3cc3c7c4CCCN7CCC3)CCC[N+]=6CCC5)c2)ccc1[N+](=O)[O-]. The predicted molar refractivity (Wildman–Crippen MR) is 303 cm³/mol. The molecule has 0 aliphatic carbocycles. The number of H-pyrrole nitrogens is 1. The van der Waals surface area contributed by atoms with E-state index >= 15 is 0 Å². The van der Waals surface area contributed by atoms with Gasteiger partial charge in [-0.15, -0.1) is 0 Å². The number of ether oxygens (including phenoxy) is 3. The van der Waals surface area contributed by atoms with Gasteiger partial charge in [-0.25, -0.2) is 27.9 Å². The van der Waals surface area contributed by atoms with Crippen molar-refractivity contribution in [2.24, 2.45) is 0 Å². The van der Waals surface area contributed by atoms with Gasteiger partial charge in [0.15, 0.2) is 0 Å². The fourth-order valence-corrected chi connectivity index (χ4v) is 15.3. The first-order chi connectivity index (χ1) is 41.3. The molecule has 3 unspecified atom stereocenters. The number of aliphatic hydroxyl groups excluding tert-OH is 1. The number of nitro benzene ring substituents is 1. The second-order valence-electron chi connectivity index (χ2n) is 21.6. The minimum Gasteiger partial charge on any atom is -0.545 e. The molecule has 1 aromatic heterocycles. The maximum Gasteiger partial charge on any atom is 0.490 e. The van der Waals surface area contributed by atoms with Crippen LogP contribution in [0.1, 0.15) is 122 Å². The van der Waals surface area contributed by atoms with E-state index < -0.39 is 94.4 Å². The van der Waals surface area contributed by atoms with Crippen molar-refractivity contribution in [3.63, 3.8) is 0 Å². The van der Waals surface area contributed by atoms with Crippen molar-refractivity contribution in [3.8, 4) is 11.5 Å². The molecule has 0 spiro atoms. The molecule has 6 atom stereocenters. The van der Waals surface area contributed by atoms with Crippen LogP contribution >= 0.6 is 23.5 Å². The van der Waals surface area contributed by atoms with Crippen LogP contribution in [0.2, 0.25) is 0 Å². The average molecular weight is 1260 g/mol. The lowest BCUT2D eigenvalue weighted by molar-refractivity contribution is -0.386. The third-order valence-electron chi connectivity index (χ3n) is 15.9. The van der Waals surface area contributed by atoms with E-state index in [2.05, 4.69) is 50.4 Å². The topological polar surface area (TPSA) is 410 Å². The Hall–Kier alpha value is -7.49. The van der Waals surface area contributed by atoms with E-state index in [1.165, 1.54) is 60.5 Å². The number of carbonyl (C=O) groups excluding carboxylic acids is 3. The summed E-state index contributed by atoms with van der Waals surface area (Å²) in [4.78, 5) is 119. The zero-order valence-electron chi connectivity index (χ0n) is 46.3. The van der Waals surface area contributed by atoms with Gasteiger partial charge in [-0.2, -0.15) is 8.62 Å². The van der Waals surface area contributed by atoms with Crippen LogP contribution in [-0.4, -0.2) is 109 Å². The number of hydrogen-bond donors (Lipinski definition) is 8. The number of carbonyl (C=O) groups is 3. The number of nitrogens with zero attached hydrogens (tertiary/aromatic N) is 4. The number of alkyl carbamates (subject to hydrolysis) is 1. The molecule has 32 heteroatoms. The van der Waals surface area contributed by atoms with Crippen molar-refractivity contribution in [1.29, 1.82) is 0 Å². The predicted octanol–water partition coefficient (Wildman–Crippen LogP) is 2.67. The summed E-state index contributed by atoms with van der Waals surface area (Å²) in [5.41, 5.74) is 5.35. The monoisotopic (exact) mass is 1260 g/mol. The normalized spacial score (nSPS) is 20.2. The van der Waals surface area contributed by atoms with Crippen LogP contribution in [0.5, 0.6) is 11.5 Å². The number of phosphoric ester groups is 1. The molecule has 460 valence electrons. The van der Waals surface area contributed by atoms with Crippen LogP contribution in [0.3, 0.4) is 0 Å². The third-order valence-corrected chi connectivity index (χ3v) is 19.7. The Labute approximate surface area is 492 Å². The van der Waals surface area contributed by atoms with Crippen LogP contribution < -0.4 is 51.8 Å². The van der Waals surface area contributed by atoms with Crippen LogP contribution in [0.4, 0.5) is 16.2 Å². The van der Waals surface area contributed by atoms with Crippen LogP contribution in [0, 0.1) is 10.1 Å². The quantitative estimate of drug-likeness (QED) is 0.0250. The minimum absolute atomic E-state index is 0.0238. The summed E-state index contributed by atoms with van der Waals surface area (Å²) >= 11 is 0. The van der Waals surface area contributed by atoms with E-state index in [4.69, 9.17) is 24.0 Å². The van der Waals surface area contributed by atoms with E-state index in [0.717, 1.165) is 121 Å².